The molecule has 0 aromatic heterocycles. The number of benzene rings is 3. The molecule has 4 nitrogen and oxygen atoms in total. The number of hydrogen-bond donors (Lipinski definition) is 2. The van der Waals surface area contributed by atoms with Gasteiger partial charge in [-0.05, 0) is 60.4 Å². The van der Waals surface area contributed by atoms with Crippen LogP contribution in [-0.2, 0) is 0 Å². The highest BCUT2D eigenvalue weighted by Gasteiger charge is 2.12. The monoisotopic (exact) mass is 372 g/mol. The summed E-state index contributed by atoms with van der Waals surface area (Å²) in [6.45, 7) is 6.16. The molecule has 0 spiro atoms. The maximum absolute atomic E-state index is 12.6. The molecule has 3 aromatic rings. The maximum atomic E-state index is 12.6. The molecule has 2 amide bonds. The van der Waals surface area contributed by atoms with Crippen molar-refractivity contribution in [2.75, 3.05) is 10.6 Å². The molecular weight excluding hydrogens is 348 g/mol. The number of nitrogens with one attached hydrogen (secondary N) is 2. The molecule has 28 heavy (non-hydrogen) atoms. The first-order chi connectivity index (χ1) is 13.4. The fourth-order valence-electron chi connectivity index (χ4n) is 2.84. The van der Waals surface area contributed by atoms with E-state index in [-0.39, 0.29) is 11.8 Å². The van der Waals surface area contributed by atoms with Gasteiger partial charge < -0.3 is 10.6 Å². The lowest BCUT2D eigenvalue weighted by atomic mass is 10.0. The third-order valence-corrected chi connectivity index (χ3v) is 4.62. The highest BCUT2D eigenvalue weighted by molar-refractivity contribution is 6.07. The van der Waals surface area contributed by atoms with Crippen LogP contribution in [0.1, 0.15) is 51.6 Å². The summed E-state index contributed by atoms with van der Waals surface area (Å²) in [5.41, 5.74) is 4.53. The van der Waals surface area contributed by atoms with E-state index < -0.39 is 0 Å². The zero-order chi connectivity index (χ0) is 20.1. The minimum absolute atomic E-state index is 0.203. The van der Waals surface area contributed by atoms with Gasteiger partial charge in [-0.25, -0.2) is 0 Å². The van der Waals surface area contributed by atoms with Gasteiger partial charge in [0.05, 0.1) is 0 Å². The second kappa shape index (κ2) is 8.53. The fourth-order valence-corrected chi connectivity index (χ4v) is 2.84. The van der Waals surface area contributed by atoms with E-state index in [4.69, 9.17) is 0 Å². The average molecular weight is 372 g/mol. The van der Waals surface area contributed by atoms with Crippen molar-refractivity contribution in [1.29, 1.82) is 0 Å². The van der Waals surface area contributed by atoms with Gasteiger partial charge in [0.25, 0.3) is 11.8 Å². The van der Waals surface area contributed by atoms with Crippen LogP contribution < -0.4 is 10.6 Å². The zero-order valence-corrected chi connectivity index (χ0v) is 16.3. The van der Waals surface area contributed by atoms with E-state index in [0.29, 0.717) is 22.7 Å². The van der Waals surface area contributed by atoms with Crippen LogP contribution in [0, 0.1) is 6.92 Å². The van der Waals surface area contributed by atoms with Crippen LogP contribution in [0.15, 0.2) is 72.8 Å². The molecule has 0 aliphatic rings. The van der Waals surface area contributed by atoms with Gasteiger partial charge in [0, 0.05) is 22.5 Å². The van der Waals surface area contributed by atoms with Gasteiger partial charge in [0.15, 0.2) is 0 Å². The minimum Gasteiger partial charge on any atom is -0.322 e. The largest absolute Gasteiger partial charge is 0.322 e. The molecule has 3 rings (SSSR count). The molecule has 0 heterocycles. The van der Waals surface area contributed by atoms with E-state index in [1.165, 1.54) is 5.56 Å². The first-order valence-electron chi connectivity index (χ1n) is 9.32. The molecule has 3 aromatic carbocycles. The van der Waals surface area contributed by atoms with Gasteiger partial charge in [0.1, 0.15) is 0 Å². The lowest BCUT2D eigenvalue weighted by Gasteiger charge is -2.12. The van der Waals surface area contributed by atoms with Crippen LogP contribution in [0.3, 0.4) is 0 Å². The number of amides is 2. The van der Waals surface area contributed by atoms with Crippen LogP contribution in [0.25, 0.3) is 0 Å². The number of carbonyl (C=O) groups is 2. The SMILES string of the molecule is Cc1ccc(C(=O)Nc2ccc(C(C)C)cc2)cc1NC(=O)c1ccccc1. The predicted molar refractivity (Wildman–Crippen MR) is 114 cm³/mol. The summed E-state index contributed by atoms with van der Waals surface area (Å²) in [4.78, 5) is 25.0. The standard InChI is InChI=1S/C24H24N2O2/c1-16(2)18-11-13-21(14-12-18)25-24(28)20-10-9-17(3)22(15-20)26-23(27)19-7-5-4-6-8-19/h4-16H,1-3H3,(H,25,28)(H,26,27). The Morgan fingerprint density at radius 2 is 1.39 bits per heavy atom. The van der Waals surface area contributed by atoms with Crippen LogP contribution >= 0.6 is 0 Å². The van der Waals surface area contributed by atoms with Crippen molar-refractivity contribution in [2.45, 2.75) is 26.7 Å². The van der Waals surface area contributed by atoms with Crippen molar-refractivity contribution in [3.63, 3.8) is 0 Å². The summed E-state index contributed by atoms with van der Waals surface area (Å²) in [6, 6.07) is 22.1. The van der Waals surface area contributed by atoms with Gasteiger partial charge in [-0.2, -0.15) is 0 Å². The Morgan fingerprint density at radius 1 is 0.750 bits per heavy atom. The zero-order valence-electron chi connectivity index (χ0n) is 16.3. The second-order valence-electron chi connectivity index (χ2n) is 7.08. The molecule has 4 heteroatoms. The predicted octanol–water partition coefficient (Wildman–Crippen LogP) is 5.62. The number of anilines is 2. The van der Waals surface area contributed by atoms with E-state index in [9.17, 15) is 9.59 Å². The summed E-state index contributed by atoms with van der Waals surface area (Å²) in [6.07, 6.45) is 0. The highest BCUT2D eigenvalue weighted by atomic mass is 16.2. The number of carbonyl (C=O) groups excluding carboxylic acids is 2. The van der Waals surface area contributed by atoms with E-state index in [0.717, 1.165) is 11.3 Å². The molecule has 0 atom stereocenters. The molecule has 2 N–H and O–H groups in total. The smallest absolute Gasteiger partial charge is 0.255 e. The molecule has 0 aliphatic carbocycles. The van der Waals surface area contributed by atoms with Crippen LogP contribution in [0.5, 0.6) is 0 Å². The minimum atomic E-state index is -0.215. The first-order valence-corrected chi connectivity index (χ1v) is 9.32. The third kappa shape index (κ3) is 4.65. The van der Waals surface area contributed by atoms with Gasteiger partial charge in [0.2, 0.25) is 0 Å². The first kappa shape index (κ1) is 19.4. The maximum Gasteiger partial charge on any atom is 0.255 e. The van der Waals surface area contributed by atoms with Crippen LogP contribution in [0.2, 0.25) is 0 Å². The van der Waals surface area contributed by atoms with E-state index in [1.54, 1.807) is 24.3 Å². The Bertz CT molecular complexity index is 977. The highest BCUT2D eigenvalue weighted by Crippen LogP contribution is 2.21. The Hall–Kier alpha value is -3.40. The molecule has 0 saturated heterocycles. The van der Waals surface area contributed by atoms with Gasteiger partial charge >= 0.3 is 0 Å². The fraction of sp³-hybridized carbons (Fsp3) is 0.167. The Morgan fingerprint density at radius 3 is 2.04 bits per heavy atom. The summed E-state index contributed by atoms with van der Waals surface area (Å²) in [5.74, 6) is 0.0238. The number of rotatable bonds is 5. The quantitative estimate of drug-likeness (QED) is 0.610. The second-order valence-corrected chi connectivity index (χ2v) is 7.08. The van der Waals surface area contributed by atoms with Gasteiger partial charge in [-0.15, -0.1) is 0 Å². The summed E-state index contributed by atoms with van der Waals surface area (Å²) >= 11 is 0. The Labute approximate surface area is 165 Å². The normalized spacial score (nSPS) is 10.6. The molecule has 0 unspecified atom stereocenters. The van der Waals surface area contributed by atoms with Crippen molar-refractivity contribution in [3.05, 3.63) is 95.1 Å². The van der Waals surface area contributed by atoms with Gasteiger partial charge in [-0.1, -0.05) is 50.2 Å². The van der Waals surface area contributed by atoms with E-state index >= 15 is 0 Å². The lowest BCUT2D eigenvalue weighted by Crippen LogP contribution is -2.15. The number of aryl methyl sites for hydroxylation is 1. The lowest BCUT2D eigenvalue weighted by molar-refractivity contribution is 0.101. The van der Waals surface area contributed by atoms with E-state index in [1.807, 2.05) is 55.5 Å². The van der Waals surface area contributed by atoms with Crippen molar-refractivity contribution < 1.29 is 9.59 Å². The topological polar surface area (TPSA) is 58.2 Å². The molecule has 0 aliphatic heterocycles. The molecule has 0 fully saturated rings. The van der Waals surface area contributed by atoms with Crippen LogP contribution in [-0.4, -0.2) is 11.8 Å². The van der Waals surface area contributed by atoms with Crippen LogP contribution in [0.4, 0.5) is 11.4 Å². The Kier molecular flexibility index (Phi) is 5.90. The van der Waals surface area contributed by atoms with Gasteiger partial charge in [-0.3, -0.25) is 9.59 Å². The molecular formula is C24H24N2O2. The van der Waals surface area contributed by atoms with Crippen molar-refractivity contribution in [2.24, 2.45) is 0 Å². The molecule has 142 valence electrons. The summed E-state index contributed by atoms with van der Waals surface area (Å²) < 4.78 is 0. The van der Waals surface area contributed by atoms with Crippen molar-refractivity contribution >= 4 is 23.2 Å². The third-order valence-electron chi connectivity index (χ3n) is 4.62. The van der Waals surface area contributed by atoms with E-state index in [2.05, 4.69) is 24.5 Å². The molecule has 0 saturated carbocycles. The average Bonchev–Trinajstić information content (AvgIpc) is 2.70. The molecule has 0 radical (unpaired) electrons. The number of hydrogen-bond acceptors (Lipinski definition) is 2. The Balaban J connectivity index is 1.74. The molecule has 0 bridgehead atoms. The van der Waals surface area contributed by atoms with Crippen molar-refractivity contribution in [3.8, 4) is 0 Å². The summed E-state index contributed by atoms with van der Waals surface area (Å²) in [5, 5.41) is 5.79. The summed E-state index contributed by atoms with van der Waals surface area (Å²) in [7, 11) is 0. The van der Waals surface area contributed by atoms with Crippen molar-refractivity contribution in [1.82, 2.24) is 0 Å².